The fourth-order valence-electron chi connectivity index (χ4n) is 3.11. The Balaban J connectivity index is 1.83. The molecule has 1 saturated heterocycles. The van der Waals surface area contributed by atoms with Gasteiger partial charge in [-0.05, 0) is 25.8 Å². The van der Waals surface area contributed by atoms with Gasteiger partial charge in [-0.1, -0.05) is 71.1 Å². The lowest BCUT2D eigenvalue weighted by molar-refractivity contribution is 0.00632. The van der Waals surface area contributed by atoms with Crippen LogP contribution in [-0.4, -0.2) is 23.8 Å². The summed E-state index contributed by atoms with van der Waals surface area (Å²) in [6, 6.07) is 0. The van der Waals surface area contributed by atoms with E-state index >= 15 is 0 Å². The van der Waals surface area contributed by atoms with Gasteiger partial charge in [-0.25, -0.2) is 0 Å². The van der Waals surface area contributed by atoms with Crippen molar-refractivity contribution in [1.82, 2.24) is 5.32 Å². The van der Waals surface area contributed by atoms with Crippen LogP contribution >= 0.6 is 0 Å². The fraction of sp³-hybridized carbons (Fsp3) is 1.00. The maximum Gasteiger partial charge on any atom is 0.0772 e. The summed E-state index contributed by atoms with van der Waals surface area (Å²) < 4.78 is 0. The number of piperidine rings is 1. The molecule has 1 atom stereocenters. The highest BCUT2D eigenvalue weighted by Crippen LogP contribution is 2.23. The van der Waals surface area contributed by atoms with Crippen LogP contribution in [0.2, 0.25) is 0 Å². The molecule has 2 N–H and O–H groups in total. The largest absolute Gasteiger partial charge is 0.389 e. The molecule has 1 heterocycles. The predicted octanol–water partition coefficient (Wildman–Crippen LogP) is 4.41. The molecular formula is C17H35NO. The van der Waals surface area contributed by atoms with Gasteiger partial charge in [-0.3, -0.25) is 0 Å². The van der Waals surface area contributed by atoms with E-state index in [1.165, 1.54) is 64.2 Å². The van der Waals surface area contributed by atoms with Crippen LogP contribution in [0, 0.1) is 0 Å². The summed E-state index contributed by atoms with van der Waals surface area (Å²) in [5, 5.41) is 13.6. The average molecular weight is 269 g/mol. The number of rotatable bonds is 11. The van der Waals surface area contributed by atoms with Crippen LogP contribution < -0.4 is 5.32 Å². The summed E-state index contributed by atoms with van der Waals surface area (Å²) in [6.45, 7) is 4.17. The second-order valence-electron chi connectivity index (χ2n) is 6.44. The van der Waals surface area contributed by atoms with Gasteiger partial charge in [0.25, 0.3) is 0 Å². The van der Waals surface area contributed by atoms with Crippen LogP contribution in [0.3, 0.4) is 0 Å². The lowest BCUT2D eigenvalue weighted by Gasteiger charge is -2.32. The molecule has 0 radical (unpaired) electrons. The highest BCUT2D eigenvalue weighted by molar-refractivity contribution is 4.84. The Morgan fingerprint density at radius 1 is 0.895 bits per heavy atom. The molecule has 0 aromatic carbocycles. The topological polar surface area (TPSA) is 32.3 Å². The number of aliphatic hydroxyl groups is 1. The van der Waals surface area contributed by atoms with Crippen LogP contribution in [0.25, 0.3) is 0 Å². The van der Waals surface area contributed by atoms with Gasteiger partial charge in [0.05, 0.1) is 5.60 Å². The van der Waals surface area contributed by atoms with E-state index < -0.39 is 5.60 Å². The first kappa shape index (κ1) is 17.0. The van der Waals surface area contributed by atoms with Crippen molar-refractivity contribution in [3.8, 4) is 0 Å². The van der Waals surface area contributed by atoms with Crippen LogP contribution in [0.5, 0.6) is 0 Å². The molecule has 1 aliphatic heterocycles. The number of nitrogens with one attached hydrogen (secondary N) is 1. The second-order valence-corrected chi connectivity index (χ2v) is 6.44. The zero-order chi connectivity index (χ0) is 13.8. The average Bonchev–Trinajstić information content (AvgIpc) is 2.42. The smallest absolute Gasteiger partial charge is 0.0772 e. The fourth-order valence-corrected chi connectivity index (χ4v) is 3.11. The molecule has 2 nitrogen and oxygen atoms in total. The minimum absolute atomic E-state index is 0.390. The molecule has 0 aromatic heterocycles. The predicted molar refractivity (Wildman–Crippen MR) is 83.5 cm³/mol. The third-order valence-electron chi connectivity index (χ3n) is 4.45. The first-order chi connectivity index (χ1) is 9.27. The standard InChI is InChI=1S/C17H35NO/c1-2-3-4-5-6-7-8-9-10-11-13-17(19)14-12-15-18-16-17/h18-19H,2-16H2,1H3. The third-order valence-corrected chi connectivity index (χ3v) is 4.45. The molecule has 1 unspecified atom stereocenters. The zero-order valence-electron chi connectivity index (χ0n) is 13.1. The molecule has 0 aliphatic carbocycles. The monoisotopic (exact) mass is 269 g/mol. The van der Waals surface area contributed by atoms with Gasteiger partial charge >= 0.3 is 0 Å². The Morgan fingerprint density at radius 2 is 1.47 bits per heavy atom. The van der Waals surface area contributed by atoms with E-state index in [0.29, 0.717) is 0 Å². The van der Waals surface area contributed by atoms with E-state index in [2.05, 4.69) is 12.2 Å². The number of hydrogen-bond donors (Lipinski definition) is 2. The van der Waals surface area contributed by atoms with Crippen molar-refractivity contribution in [2.24, 2.45) is 0 Å². The van der Waals surface area contributed by atoms with Crippen molar-refractivity contribution in [1.29, 1.82) is 0 Å². The van der Waals surface area contributed by atoms with E-state index in [1.54, 1.807) is 0 Å². The van der Waals surface area contributed by atoms with Gasteiger partial charge in [-0.15, -0.1) is 0 Å². The molecule has 0 bridgehead atoms. The molecule has 114 valence electrons. The van der Waals surface area contributed by atoms with Gasteiger partial charge in [0.2, 0.25) is 0 Å². The van der Waals surface area contributed by atoms with E-state index in [-0.39, 0.29) is 0 Å². The summed E-state index contributed by atoms with van der Waals surface area (Å²) >= 11 is 0. The summed E-state index contributed by atoms with van der Waals surface area (Å²) in [5.74, 6) is 0. The van der Waals surface area contributed by atoms with Crippen molar-refractivity contribution in [2.45, 2.75) is 96.0 Å². The summed E-state index contributed by atoms with van der Waals surface area (Å²) in [6.07, 6.45) is 16.8. The normalized spacial score (nSPS) is 23.7. The number of β-amino-alcohol motifs (C(OH)–C–C–N with tert-alkyl or cyclic N) is 1. The van der Waals surface area contributed by atoms with Crippen LogP contribution in [-0.2, 0) is 0 Å². The van der Waals surface area contributed by atoms with Gasteiger partial charge in [0.1, 0.15) is 0 Å². The Hall–Kier alpha value is -0.0800. The van der Waals surface area contributed by atoms with Crippen molar-refractivity contribution in [3.05, 3.63) is 0 Å². The number of hydrogen-bond acceptors (Lipinski definition) is 2. The molecule has 19 heavy (non-hydrogen) atoms. The van der Waals surface area contributed by atoms with E-state index in [4.69, 9.17) is 0 Å². The molecule has 0 spiro atoms. The highest BCUT2D eigenvalue weighted by Gasteiger charge is 2.27. The van der Waals surface area contributed by atoms with Gasteiger partial charge in [0.15, 0.2) is 0 Å². The highest BCUT2D eigenvalue weighted by atomic mass is 16.3. The first-order valence-electron chi connectivity index (χ1n) is 8.70. The van der Waals surface area contributed by atoms with Gasteiger partial charge < -0.3 is 10.4 Å². The van der Waals surface area contributed by atoms with Crippen molar-refractivity contribution in [3.63, 3.8) is 0 Å². The van der Waals surface area contributed by atoms with Crippen LogP contribution in [0.1, 0.15) is 90.4 Å². The quantitative estimate of drug-likeness (QED) is 0.544. The Bertz CT molecular complexity index is 199. The van der Waals surface area contributed by atoms with E-state index in [0.717, 1.165) is 32.4 Å². The SMILES string of the molecule is CCCCCCCCCCCCC1(O)CCCNC1. The molecule has 0 saturated carbocycles. The Kier molecular flexibility index (Phi) is 9.54. The maximum absolute atomic E-state index is 10.3. The van der Waals surface area contributed by atoms with E-state index in [1.807, 2.05) is 0 Å². The van der Waals surface area contributed by atoms with Crippen LogP contribution in [0.15, 0.2) is 0 Å². The number of unbranched alkanes of at least 4 members (excludes halogenated alkanes) is 9. The van der Waals surface area contributed by atoms with E-state index in [9.17, 15) is 5.11 Å². The van der Waals surface area contributed by atoms with Gasteiger partial charge in [-0.2, -0.15) is 0 Å². The Labute approximate surface area is 120 Å². The lowest BCUT2D eigenvalue weighted by Crippen LogP contribution is -2.45. The lowest BCUT2D eigenvalue weighted by atomic mass is 9.88. The minimum atomic E-state index is -0.390. The van der Waals surface area contributed by atoms with Crippen molar-refractivity contribution < 1.29 is 5.11 Å². The van der Waals surface area contributed by atoms with Crippen LogP contribution in [0.4, 0.5) is 0 Å². The first-order valence-corrected chi connectivity index (χ1v) is 8.70. The molecule has 0 aromatic rings. The summed E-state index contributed by atoms with van der Waals surface area (Å²) in [5.41, 5.74) is -0.390. The molecule has 2 heteroatoms. The minimum Gasteiger partial charge on any atom is -0.389 e. The van der Waals surface area contributed by atoms with Crippen molar-refractivity contribution >= 4 is 0 Å². The molecule has 1 rings (SSSR count). The summed E-state index contributed by atoms with van der Waals surface area (Å²) in [7, 11) is 0. The summed E-state index contributed by atoms with van der Waals surface area (Å²) in [4.78, 5) is 0. The molecule has 1 fully saturated rings. The Morgan fingerprint density at radius 3 is 2.00 bits per heavy atom. The second kappa shape index (κ2) is 10.7. The third kappa shape index (κ3) is 8.65. The molecule has 0 amide bonds. The van der Waals surface area contributed by atoms with Gasteiger partial charge in [0, 0.05) is 6.54 Å². The molecule has 1 aliphatic rings. The zero-order valence-corrected chi connectivity index (χ0v) is 13.1. The molecular weight excluding hydrogens is 234 g/mol. The maximum atomic E-state index is 10.3. The van der Waals surface area contributed by atoms with Crippen molar-refractivity contribution in [2.75, 3.05) is 13.1 Å².